The molecular weight excluding hydrogens is 1160 g/mol. The number of para-hydroxylation sites is 2. The zero-order valence-electron chi connectivity index (χ0n) is 56.4. The monoisotopic (exact) mass is 1240 g/mol. The van der Waals surface area contributed by atoms with Crippen LogP contribution in [0.5, 0.6) is 0 Å². The molecule has 4 heteroatoms. The molecule has 0 saturated heterocycles. The topological polar surface area (TPSA) is 11.4 Å². The van der Waals surface area contributed by atoms with Crippen LogP contribution in [0.2, 0.25) is 0 Å². The second-order valence-electron chi connectivity index (χ2n) is 30.0. The average molecular weight is 1240 g/mol. The van der Waals surface area contributed by atoms with Crippen molar-refractivity contribution in [2.45, 2.75) is 90.9 Å². The number of hydrogen-bond acceptors (Lipinski definition) is 2. The van der Waals surface area contributed by atoms with E-state index in [1.165, 1.54) is 122 Å². The second kappa shape index (κ2) is 22.5. The van der Waals surface area contributed by atoms with Crippen LogP contribution in [0.4, 0.5) is 34.1 Å². The highest BCUT2D eigenvalue weighted by atomic mass is 15.2. The Balaban J connectivity index is 1.04. The molecule has 1 aliphatic carbocycles. The molecule has 0 radical (unpaired) electrons. The van der Waals surface area contributed by atoms with Gasteiger partial charge in [0.25, 0.3) is 6.71 Å². The highest BCUT2D eigenvalue weighted by molar-refractivity contribution is 7.00. The third-order valence-electron chi connectivity index (χ3n) is 21.0. The summed E-state index contributed by atoms with van der Waals surface area (Å²) in [7, 11) is 0. The molecule has 2 aliphatic heterocycles. The van der Waals surface area contributed by atoms with Gasteiger partial charge in [0.05, 0.1) is 22.4 Å². The summed E-state index contributed by atoms with van der Waals surface area (Å²) in [5.74, 6) is 0.0199. The Hall–Kier alpha value is -10.7. The van der Waals surface area contributed by atoms with E-state index in [4.69, 9.17) is 0 Å². The van der Waals surface area contributed by atoms with Gasteiger partial charge in [-0.15, -0.1) is 0 Å². The molecule has 0 unspecified atom stereocenters. The Kier molecular flexibility index (Phi) is 13.8. The molecule has 0 N–H and O–H groups in total. The minimum Gasteiger partial charge on any atom is -0.310 e. The van der Waals surface area contributed by atoms with Crippen molar-refractivity contribution in [3.05, 3.63) is 336 Å². The number of rotatable bonds is 8. The normalized spacial score (nSPS) is 13.5. The van der Waals surface area contributed by atoms with Crippen LogP contribution in [0, 0.1) is 0 Å². The summed E-state index contributed by atoms with van der Waals surface area (Å²) >= 11 is 0. The van der Waals surface area contributed by atoms with Crippen molar-refractivity contribution in [3.63, 3.8) is 0 Å². The number of aromatic nitrogens is 1. The maximum atomic E-state index is 2.72. The van der Waals surface area contributed by atoms with Gasteiger partial charge in [0, 0.05) is 67.4 Å². The molecule has 0 saturated carbocycles. The molecule has 0 spiro atoms. The van der Waals surface area contributed by atoms with E-state index >= 15 is 0 Å². The summed E-state index contributed by atoms with van der Waals surface area (Å²) in [5.41, 5.74) is 34.0. The molecule has 3 heterocycles. The summed E-state index contributed by atoms with van der Waals surface area (Å²) in [5, 5.41) is 2.54. The first-order valence-corrected chi connectivity index (χ1v) is 34.3. The van der Waals surface area contributed by atoms with Crippen LogP contribution < -0.4 is 26.2 Å². The first-order chi connectivity index (χ1) is 46.5. The van der Waals surface area contributed by atoms with Gasteiger partial charge >= 0.3 is 0 Å². The van der Waals surface area contributed by atoms with E-state index in [9.17, 15) is 0 Å². The lowest BCUT2D eigenvalue weighted by molar-refractivity contribution is 0.590. The molecule has 464 valence electrons. The highest BCUT2D eigenvalue weighted by Crippen LogP contribution is 2.55. The molecule has 3 aliphatic rings. The van der Waals surface area contributed by atoms with Crippen molar-refractivity contribution >= 4 is 79.0 Å². The largest absolute Gasteiger partial charge is 0.310 e. The Bertz CT molecular complexity index is 5160. The van der Waals surface area contributed by atoms with Gasteiger partial charge in [0.2, 0.25) is 0 Å². The summed E-state index contributed by atoms with van der Waals surface area (Å²) < 4.78 is 2.56. The van der Waals surface area contributed by atoms with E-state index in [0.717, 1.165) is 51.4 Å². The molecule has 3 nitrogen and oxygen atoms in total. The summed E-state index contributed by atoms with van der Waals surface area (Å²) in [4.78, 5) is 5.42. The smallest absolute Gasteiger partial charge is 0.252 e. The van der Waals surface area contributed by atoms with Crippen molar-refractivity contribution in [1.29, 1.82) is 0 Å². The zero-order valence-corrected chi connectivity index (χ0v) is 56.4. The van der Waals surface area contributed by atoms with E-state index in [1.807, 2.05) is 0 Å². The van der Waals surface area contributed by atoms with Crippen LogP contribution in [0.15, 0.2) is 291 Å². The van der Waals surface area contributed by atoms with Crippen LogP contribution in [-0.2, 0) is 22.7 Å². The van der Waals surface area contributed by atoms with Crippen molar-refractivity contribution in [1.82, 2.24) is 4.57 Å². The third kappa shape index (κ3) is 9.70. The minimum atomic E-state index is -0.282. The van der Waals surface area contributed by atoms with Crippen molar-refractivity contribution in [2.24, 2.45) is 0 Å². The standard InChI is InChI=1S/C92H78BN3/c1-90(2,3)66-45-50-80-76(54-66)77-55-67(91(4,5)6)46-51-81(77)94(80)69-47-48-78-83(58-69)96(89-74(61-32-18-12-19-33-61)42-27-43-75(89)62-34-20-13-21-35-62)85-57-68(92(7,8)9)56-84-87(85)93(78)79-53-65(86-70-38-24-22-36-63(70)52-64-37-23-25-39-71(64)86)44-49-82(79)95(84)88-72(59-28-14-10-15-29-59)40-26-41-73(88)60-30-16-11-17-31-60/h10-51,53-58,86H,52H2,1-9H3. The van der Waals surface area contributed by atoms with Gasteiger partial charge in [-0.25, -0.2) is 0 Å². The average Bonchev–Trinajstić information content (AvgIpc) is 0.743. The van der Waals surface area contributed by atoms with Crippen LogP contribution in [-0.4, -0.2) is 11.3 Å². The quantitative estimate of drug-likeness (QED) is 0.141. The molecule has 14 aromatic rings. The first kappa shape index (κ1) is 59.1. The fraction of sp³-hybridized carbons (Fsp3) is 0.152. The van der Waals surface area contributed by atoms with E-state index in [2.05, 4.69) is 368 Å². The number of benzene rings is 13. The summed E-state index contributed by atoms with van der Waals surface area (Å²) in [6, 6.07) is 112. The lowest BCUT2D eigenvalue weighted by Crippen LogP contribution is -2.61. The van der Waals surface area contributed by atoms with E-state index < -0.39 is 0 Å². The Labute approximate surface area is 566 Å². The van der Waals surface area contributed by atoms with E-state index in [1.54, 1.807) is 0 Å². The molecule has 0 atom stereocenters. The summed E-state index contributed by atoms with van der Waals surface area (Å²) in [6.07, 6.45) is 0.915. The first-order valence-electron chi connectivity index (χ1n) is 34.3. The number of hydrogen-bond donors (Lipinski definition) is 0. The Morgan fingerprint density at radius 1 is 0.323 bits per heavy atom. The Morgan fingerprint density at radius 2 is 0.740 bits per heavy atom. The van der Waals surface area contributed by atoms with Gasteiger partial charge in [-0.3, -0.25) is 0 Å². The fourth-order valence-electron chi connectivity index (χ4n) is 16.1. The van der Waals surface area contributed by atoms with Gasteiger partial charge in [0.15, 0.2) is 0 Å². The second-order valence-corrected chi connectivity index (χ2v) is 30.0. The molecular formula is C92H78BN3. The maximum Gasteiger partial charge on any atom is 0.252 e. The molecule has 0 bridgehead atoms. The number of anilines is 6. The lowest BCUT2D eigenvalue weighted by atomic mass is 9.33. The number of fused-ring (bicyclic) bond motifs is 9. The fourth-order valence-corrected chi connectivity index (χ4v) is 16.1. The van der Waals surface area contributed by atoms with Crippen LogP contribution >= 0.6 is 0 Å². The predicted octanol–water partition coefficient (Wildman–Crippen LogP) is 22.5. The van der Waals surface area contributed by atoms with Gasteiger partial charge in [-0.2, -0.15) is 0 Å². The van der Waals surface area contributed by atoms with Crippen LogP contribution in [0.3, 0.4) is 0 Å². The van der Waals surface area contributed by atoms with Gasteiger partial charge in [0.1, 0.15) is 0 Å². The highest BCUT2D eigenvalue weighted by Gasteiger charge is 2.47. The van der Waals surface area contributed by atoms with Crippen molar-refractivity contribution in [3.8, 4) is 50.2 Å². The van der Waals surface area contributed by atoms with Gasteiger partial charge in [-0.1, -0.05) is 299 Å². The van der Waals surface area contributed by atoms with Crippen molar-refractivity contribution in [2.75, 3.05) is 9.80 Å². The molecule has 17 rings (SSSR count). The van der Waals surface area contributed by atoms with Crippen molar-refractivity contribution < 1.29 is 0 Å². The lowest BCUT2D eigenvalue weighted by Gasteiger charge is -2.46. The zero-order chi connectivity index (χ0) is 65.4. The van der Waals surface area contributed by atoms with Crippen LogP contribution in [0.25, 0.3) is 72.0 Å². The molecule has 0 amide bonds. The SMILES string of the molecule is CC(C)(C)c1cc2c3c(c1)N(c1c(-c4ccccc4)cccc1-c1ccccc1)c1cc(-n4c5ccc(C(C)(C)C)cc5c5cc(C(C)(C)C)ccc54)ccc1B3c1cc(C3c4ccccc4Cc4ccccc43)ccc1N2c1c(-c2ccccc2)cccc1-c1ccccc1. The van der Waals surface area contributed by atoms with Crippen LogP contribution in [0.1, 0.15) is 113 Å². The third-order valence-corrected chi connectivity index (χ3v) is 21.0. The number of nitrogens with zero attached hydrogens (tertiary/aromatic N) is 3. The van der Waals surface area contributed by atoms with Gasteiger partial charge < -0.3 is 14.4 Å². The van der Waals surface area contributed by atoms with E-state index in [0.29, 0.717) is 0 Å². The molecule has 13 aromatic carbocycles. The molecule has 0 fully saturated rings. The molecule has 96 heavy (non-hydrogen) atoms. The summed E-state index contributed by atoms with van der Waals surface area (Å²) in [6.45, 7) is 21.0. The Morgan fingerprint density at radius 3 is 1.18 bits per heavy atom. The molecule has 1 aromatic heterocycles. The minimum absolute atomic E-state index is 0.0199. The maximum absolute atomic E-state index is 2.72. The predicted molar refractivity (Wildman–Crippen MR) is 409 cm³/mol. The van der Waals surface area contributed by atoms with E-state index in [-0.39, 0.29) is 28.9 Å². The van der Waals surface area contributed by atoms with Gasteiger partial charge in [-0.05, 0) is 160 Å².